The van der Waals surface area contributed by atoms with Gasteiger partial charge in [0.1, 0.15) is 6.61 Å². The highest BCUT2D eigenvalue weighted by molar-refractivity contribution is 5.75. The number of hydrogen-bond donors (Lipinski definition) is 0. The molecule has 0 saturated carbocycles. The van der Waals surface area contributed by atoms with Crippen LogP contribution in [0.4, 0.5) is 0 Å². The Morgan fingerprint density at radius 2 is 1.92 bits per heavy atom. The average Bonchev–Trinajstić information content (AvgIpc) is 2.02. The van der Waals surface area contributed by atoms with E-state index in [0.29, 0.717) is 6.61 Å². The Morgan fingerprint density at radius 1 is 1.31 bits per heavy atom. The molecular weight excluding hydrogens is 164 g/mol. The molecule has 0 aliphatic rings. The van der Waals surface area contributed by atoms with E-state index in [9.17, 15) is 4.79 Å². The number of rotatable bonds is 3. The zero-order valence-electron chi connectivity index (χ0n) is 8.83. The summed E-state index contributed by atoms with van der Waals surface area (Å²) in [6, 6.07) is 0. The summed E-state index contributed by atoms with van der Waals surface area (Å²) >= 11 is 0. The number of carbonyl (C=O) groups excluding carboxylic acids is 1. The third kappa shape index (κ3) is 6.14. The maximum Gasteiger partial charge on any atom is 0.311 e. The fourth-order valence-electron chi connectivity index (χ4n) is 0.586. The van der Waals surface area contributed by atoms with Gasteiger partial charge in [0.25, 0.3) is 0 Å². The minimum Gasteiger partial charge on any atom is -0.461 e. The Kier molecular flexibility index (Phi) is 5.12. The monoisotopic (exact) mass is 182 g/mol. The van der Waals surface area contributed by atoms with E-state index >= 15 is 0 Å². The molecule has 0 spiro atoms. The van der Waals surface area contributed by atoms with Crippen LogP contribution in [0.2, 0.25) is 0 Å². The molecule has 0 radical (unpaired) electrons. The minimum atomic E-state index is -0.408. The second kappa shape index (κ2) is 5.57. The van der Waals surface area contributed by atoms with Crippen LogP contribution in [-0.2, 0) is 9.53 Å². The van der Waals surface area contributed by atoms with Crippen molar-refractivity contribution in [1.82, 2.24) is 0 Å². The van der Waals surface area contributed by atoms with E-state index in [1.165, 1.54) is 0 Å². The highest BCUT2D eigenvalue weighted by atomic mass is 16.5. The minimum absolute atomic E-state index is 0.169. The van der Waals surface area contributed by atoms with E-state index in [2.05, 4.69) is 0 Å². The van der Waals surface area contributed by atoms with Gasteiger partial charge in [-0.05, 0) is 33.8 Å². The number of hydrogen-bond acceptors (Lipinski definition) is 2. The first-order chi connectivity index (χ1) is 5.98. The summed E-state index contributed by atoms with van der Waals surface area (Å²) < 4.78 is 4.99. The van der Waals surface area contributed by atoms with Crippen LogP contribution < -0.4 is 0 Å². The fraction of sp³-hybridized carbons (Fsp3) is 0.545. The van der Waals surface area contributed by atoms with E-state index in [-0.39, 0.29) is 5.97 Å². The molecule has 0 aliphatic carbocycles. The lowest BCUT2D eigenvalue weighted by atomic mass is 9.97. The van der Waals surface area contributed by atoms with Gasteiger partial charge in [-0.2, -0.15) is 0 Å². The number of allylic oxidation sites excluding steroid dienone is 3. The second-order valence-corrected chi connectivity index (χ2v) is 3.80. The fourth-order valence-corrected chi connectivity index (χ4v) is 0.586. The topological polar surface area (TPSA) is 26.3 Å². The van der Waals surface area contributed by atoms with Gasteiger partial charge in [0.05, 0.1) is 5.41 Å². The van der Waals surface area contributed by atoms with Crippen molar-refractivity contribution < 1.29 is 9.53 Å². The lowest BCUT2D eigenvalue weighted by Crippen LogP contribution is -2.22. The standard InChI is InChI=1S/C11H18O2/c1-5-6-7-8-9-13-10(12)11(2,3)4/h5-8H,9H2,1-4H3/b6-5-,8-7+. The summed E-state index contributed by atoms with van der Waals surface area (Å²) in [5.74, 6) is -0.169. The summed E-state index contributed by atoms with van der Waals surface area (Å²) in [7, 11) is 0. The van der Waals surface area contributed by atoms with Crippen molar-refractivity contribution in [3.63, 3.8) is 0 Å². The van der Waals surface area contributed by atoms with Crippen LogP contribution >= 0.6 is 0 Å². The normalized spacial score (nSPS) is 12.6. The van der Waals surface area contributed by atoms with Crippen molar-refractivity contribution in [3.8, 4) is 0 Å². The average molecular weight is 182 g/mol. The Labute approximate surface area is 80.3 Å². The predicted molar refractivity (Wildman–Crippen MR) is 54.4 cm³/mol. The molecule has 0 unspecified atom stereocenters. The summed E-state index contributed by atoms with van der Waals surface area (Å²) in [6.07, 6.45) is 7.48. The van der Waals surface area contributed by atoms with Crippen LogP contribution in [-0.4, -0.2) is 12.6 Å². The van der Waals surface area contributed by atoms with Crippen molar-refractivity contribution in [2.75, 3.05) is 6.61 Å². The number of ether oxygens (including phenoxy) is 1. The third-order valence-electron chi connectivity index (χ3n) is 1.36. The van der Waals surface area contributed by atoms with Crippen LogP contribution in [0.1, 0.15) is 27.7 Å². The molecule has 2 heteroatoms. The summed E-state index contributed by atoms with van der Waals surface area (Å²) in [4.78, 5) is 11.2. The Morgan fingerprint density at radius 3 is 2.38 bits per heavy atom. The van der Waals surface area contributed by atoms with E-state index in [1.807, 2.05) is 52.0 Å². The molecule has 0 bridgehead atoms. The zero-order valence-corrected chi connectivity index (χ0v) is 8.83. The lowest BCUT2D eigenvalue weighted by molar-refractivity contribution is -0.151. The van der Waals surface area contributed by atoms with Gasteiger partial charge in [0.15, 0.2) is 0 Å². The highest BCUT2D eigenvalue weighted by Gasteiger charge is 2.22. The van der Waals surface area contributed by atoms with Crippen LogP contribution in [0.15, 0.2) is 24.3 Å². The van der Waals surface area contributed by atoms with Crippen molar-refractivity contribution in [3.05, 3.63) is 24.3 Å². The Bertz CT molecular complexity index is 207. The van der Waals surface area contributed by atoms with E-state index in [4.69, 9.17) is 4.74 Å². The van der Waals surface area contributed by atoms with Gasteiger partial charge in [0, 0.05) is 0 Å². The molecular formula is C11H18O2. The lowest BCUT2D eigenvalue weighted by Gasteiger charge is -2.15. The molecule has 0 fully saturated rings. The molecule has 0 aromatic heterocycles. The van der Waals surface area contributed by atoms with Crippen LogP contribution in [0.5, 0.6) is 0 Å². The van der Waals surface area contributed by atoms with Gasteiger partial charge in [-0.15, -0.1) is 0 Å². The molecule has 0 heterocycles. The van der Waals surface area contributed by atoms with E-state index in [0.717, 1.165) is 0 Å². The molecule has 0 aromatic rings. The molecule has 74 valence electrons. The molecule has 13 heavy (non-hydrogen) atoms. The molecule has 0 amide bonds. The molecule has 0 atom stereocenters. The quantitative estimate of drug-likeness (QED) is 0.495. The summed E-state index contributed by atoms with van der Waals surface area (Å²) in [5.41, 5.74) is -0.408. The van der Waals surface area contributed by atoms with E-state index < -0.39 is 5.41 Å². The van der Waals surface area contributed by atoms with Crippen molar-refractivity contribution in [2.24, 2.45) is 5.41 Å². The second-order valence-electron chi connectivity index (χ2n) is 3.80. The molecule has 0 N–H and O–H groups in total. The molecule has 0 saturated heterocycles. The van der Waals surface area contributed by atoms with Crippen molar-refractivity contribution in [1.29, 1.82) is 0 Å². The van der Waals surface area contributed by atoms with Gasteiger partial charge in [-0.25, -0.2) is 0 Å². The molecule has 2 nitrogen and oxygen atoms in total. The summed E-state index contributed by atoms with van der Waals surface area (Å²) in [6.45, 7) is 7.80. The van der Waals surface area contributed by atoms with Gasteiger partial charge in [-0.1, -0.05) is 18.2 Å². The van der Waals surface area contributed by atoms with Crippen LogP contribution in [0.25, 0.3) is 0 Å². The first kappa shape index (κ1) is 11.9. The smallest absolute Gasteiger partial charge is 0.311 e. The summed E-state index contributed by atoms with van der Waals surface area (Å²) in [5, 5.41) is 0. The van der Waals surface area contributed by atoms with Crippen LogP contribution in [0, 0.1) is 5.41 Å². The van der Waals surface area contributed by atoms with Gasteiger partial charge in [0.2, 0.25) is 0 Å². The van der Waals surface area contributed by atoms with E-state index in [1.54, 1.807) is 0 Å². The van der Waals surface area contributed by atoms with Crippen LogP contribution in [0.3, 0.4) is 0 Å². The molecule has 0 aromatic carbocycles. The first-order valence-electron chi connectivity index (χ1n) is 4.43. The van der Waals surface area contributed by atoms with Crippen molar-refractivity contribution in [2.45, 2.75) is 27.7 Å². The third-order valence-corrected chi connectivity index (χ3v) is 1.36. The Hall–Kier alpha value is -1.05. The van der Waals surface area contributed by atoms with Crippen molar-refractivity contribution >= 4 is 5.97 Å². The van der Waals surface area contributed by atoms with Gasteiger partial charge >= 0.3 is 5.97 Å². The van der Waals surface area contributed by atoms with Gasteiger partial charge < -0.3 is 4.74 Å². The number of carbonyl (C=O) groups is 1. The first-order valence-corrected chi connectivity index (χ1v) is 4.43. The SMILES string of the molecule is C/C=C\C=C\COC(=O)C(C)(C)C. The predicted octanol–water partition coefficient (Wildman–Crippen LogP) is 2.71. The molecule has 0 aliphatic heterocycles. The molecule has 0 rings (SSSR count). The Balaban J connectivity index is 3.72. The zero-order chi connectivity index (χ0) is 10.3. The maximum atomic E-state index is 11.2. The largest absolute Gasteiger partial charge is 0.461 e. The van der Waals surface area contributed by atoms with Gasteiger partial charge in [-0.3, -0.25) is 4.79 Å². The maximum absolute atomic E-state index is 11.2. The highest BCUT2D eigenvalue weighted by Crippen LogP contribution is 2.14. The number of esters is 1.